The van der Waals surface area contributed by atoms with E-state index in [2.05, 4.69) is 4.99 Å². The Morgan fingerprint density at radius 3 is 2.83 bits per heavy atom. The van der Waals surface area contributed by atoms with Crippen molar-refractivity contribution in [3.63, 3.8) is 0 Å². The van der Waals surface area contributed by atoms with Gasteiger partial charge in [0.1, 0.15) is 0 Å². The lowest BCUT2D eigenvalue weighted by Crippen LogP contribution is -1.90. The van der Waals surface area contributed by atoms with Gasteiger partial charge in [-0.1, -0.05) is 0 Å². The van der Waals surface area contributed by atoms with Crippen molar-refractivity contribution < 1.29 is 0 Å². The van der Waals surface area contributed by atoms with Crippen LogP contribution >= 0.6 is 11.6 Å². The molecule has 1 nitrogen and oxygen atoms in total. The predicted octanol–water partition coefficient (Wildman–Crippen LogP) is 1.07. The molecular formula is C4H6ClN. The second-order valence-corrected chi connectivity index (χ2v) is 1.92. The van der Waals surface area contributed by atoms with Gasteiger partial charge in [0.2, 0.25) is 0 Å². The van der Waals surface area contributed by atoms with Gasteiger partial charge in [0.25, 0.3) is 0 Å². The van der Waals surface area contributed by atoms with Crippen LogP contribution in [0.25, 0.3) is 0 Å². The van der Waals surface area contributed by atoms with E-state index in [1.54, 1.807) is 6.21 Å². The summed E-state index contributed by atoms with van der Waals surface area (Å²) in [6.45, 7) is 0.925. The van der Waals surface area contributed by atoms with Crippen LogP contribution in [-0.4, -0.2) is 18.1 Å². The highest BCUT2D eigenvalue weighted by molar-refractivity contribution is 6.28. The summed E-state index contributed by atoms with van der Waals surface area (Å²) in [5.41, 5.74) is 0. The van der Waals surface area contributed by atoms with Crippen LogP contribution in [0.3, 0.4) is 0 Å². The number of halogens is 1. The second-order valence-electron chi connectivity index (χ2n) is 1.36. The average Bonchev–Trinajstić information content (AvgIpc) is 1.86. The Labute approximate surface area is 42.0 Å². The molecule has 6 heavy (non-hydrogen) atoms. The summed E-state index contributed by atoms with van der Waals surface area (Å²) in [5.74, 6) is 0. The summed E-state index contributed by atoms with van der Waals surface area (Å²) in [5, 5.41) is 0.227. The largest absolute Gasteiger partial charge is 0.296 e. The van der Waals surface area contributed by atoms with E-state index in [1.165, 1.54) is 0 Å². The third-order valence-corrected chi connectivity index (χ3v) is 1.13. The lowest BCUT2D eigenvalue weighted by molar-refractivity contribution is 0.957. The zero-order chi connectivity index (χ0) is 4.41. The number of alkyl halides is 1. The number of rotatable bonds is 0. The summed E-state index contributed by atoms with van der Waals surface area (Å²) in [6.07, 6.45) is 2.82. The molecule has 1 atom stereocenters. The monoisotopic (exact) mass is 103 g/mol. The normalized spacial score (nSPS) is 31.8. The van der Waals surface area contributed by atoms with Crippen molar-refractivity contribution in [3.05, 3.63) is 0 Å². The minimum absolute atomic E-state index is 0.227. The maximum Gasteiger partial charge on any atom is 0.0701 e. The summed E-state index contributed by atoms with van der Waals surface area (Å²) in [6, 6.07) is 0. The van der Waals surface area contributed by atoms with Crippen LogP contribution in [0.1, 0.15) is 6.42 Å². The van der Waals surface area contributed by atoms with Gasteiger partial charge in [0, 0.05) is 12.8 Å². The van der Waals surface area contributed by atoms with Crippen LogP contribution in [0, 0.1) is 0 Å². The third kappa shape index (κ3) is 0.716. The van der Waals surface area contributed by atoms with Crippen molar-refractivity contribution in [2.45, 2.75) is 11.8 Å². The highest BCUT2D eigenvalue weighted by atomic mass is 35.5. The molecule has 0 N–H and O–H groups in total. The Kier molecular flexibility index (Phi) is 1.10. The van der Waals surface area contributed by atoms with Crippen LogP contribution in [0.5, 0.6) is 0 Å². The minimum Gasteiger partial charge on any atom is -0.296 e. The van der Waals surface area contributed by atoms with Gasteiger partial charge in [0.15, 0.2) is 0 Å². The van der Waals surface area contributed by atoms with E-state index in [4.69, 9.17) is 11.6 Å². The van der Waals surface area contributed by atoms with E-state index >= 15 is 0 Å². The first-order valence-corrected chi connectivity index (χ1v) is 2.47. The van der Waals surface area contributed by atoms with Crippen LogP contribution in [0.2, 0.25) is 0 Å². The smallest absolute Gasteiger partial charge is 0.0701 e. The van der Waals surface area contributed by atoms with Gasteiger partial charge in [-0.15, -0.1) is 11.6 Å². The van der Waals surface area contributed by atoms with Gasteiger partial charge in [-0.2, -0.15) is 0 Å². The molecule has 0 bridgehead atoms. The lowest BCUT2D eigenvalue weighted by atomic mass is 10.4. The second kappa shape index (κ2) is 1.61. The molecule has 0 aliphatic carbocycles. The molecule has 1 aliphatic rings. The van der Waals surface area contributed by atoms with Crippen molar-refractivity contribution >= 4 is 17.8 Å². The Morgan fingerprint density at radius 2 is 2.67 bits per heavy atom. The van der Waals surface area contributed by atoms with E-state index in [0.29, 0.717) is 0 Å². The molecule has 0 aromatic heterocycles. The molecule has 34 valence electrons. The molecule has 0 fully saturated rings. The molecule has 0 saturated heterocycles. The van der Waals surface area contributed by atoms with Gasteiger partial charge < -0.3 is 0 Å². The van der Waals surface area contributed by atoms with Gasteiger partial charge in [-0.3, -0.25) is 4.99 Å². The van der Waals surface area contributed by atoms with Crippen molar-refractivity contribution in [3.8, 4) is 0 Å². The summed E-state index contributed by atoms with van der Waals surface area (Å²) in [4.78, 5) is 3.91. The van der Waals surface area contributed by atoms with Crippen molar-refractivity contribution in [2.75, 3.05) is 6.54 Å². The fourth-order valence-electron chi connectivity index (χ4n) is 0.461. The van der Waals surface area contributed by atoms with Crippen LogP contribution in [0.15, 0.2) is 4.99 Å². The molecule has 1 aliphatic heterocycles. The molecule has 1 unspecified atom stereocenters. The minimum atomic E-state index is 0.227. The first-order valence-electron chi connectivity index (χ1n) is 2.03. The number of hydrogen-bond donors (Lipinski definition) is 0. The number of aliphatic imine (C=N–C) groups is 1. The fourth-order valence-corrected chi connectivity index (χ4v) is 0.639. The molecule has 0 radical (unpaired) electrons. The zero-order valence-electron chi connectivity index (χ0n) is 3.39. The highest BCUT2D eigenvalue weighted by Crippen LogP contribution is 2.03. The fraction of sp³-hybridized carbons (Fsp3) is 0.750. The van der Waals surface area contributed by atoms with Gasteiger partial charge >= 0.3 is 0 Å². The van der Waals surface area contributed by atoms with Crippen molar-refractivity contribution in [1.82, 2.24) is 0 Å². The van der Waals surface area contributed by atoms with Crippen molar-refractivity contribution in [2.24, 2.45) is 4.99 Å². The summed E-state index contributed by atoms with van der Waals surface area (Å²) >= 11 is 5.56. The van der Waals surface area contributed by atoms with E-state index in [9.17, 15) is 0 Å². The molecular weight excluding hydrogens is 97.5 g/mol. The van der Waals surface area contributed by atoms with Crippen LogP contribution < -0.4 is 0 Å². The number of nitrogens with zero attached hydrogens (tertiary/aromatic N) is 1. The van der Waals surface area contributed by atoms with Crippen molar-refractivity contribution in [1.29, 1.82) is 0 Å². The number of hydrogen-bond acceptors (Lipinski definition) is 1. The standard InChI is InChI=1S/C4H6ClN/c5-4-1-2-6-3-4/h3-4H,1-2H2. The van der Waals surface area contributed by atoms with E-state index in [-0.39, 0.29) is 5.38 Å². The first kappa shape index (κ1) is 4.13. The van der Waals surface area contributed by atoms with Gasteiger partial charge in [0.05, 0.1) is 5.38 Å². The molecule has 0 aromatic carbocycles. The van der Waals surface area contributed by atoms with E-state index < -0.39 is 0 Å². The van der Waals surface area contributed by atoms with Crippen LogP contribution in [-0.2, 0) is 0 Å². The Hall–Kier alpha value is -0.0400. The molecule has 0 aromatic rings. The maximum atomic E-state index is 5.56. The highest BCUT2D eigenvalue weighted by Gasteiger charge is 2.03. The van der Waals surface area contributed by atoms with E-state index in [1.807, 2.05) is 0 Å². The molecule has 1 heterocycles. The average molecular weight is 104 g/mol. The van der Waals surface area contributed by atoms with E-state index in [0.717, 1.165) is 13.0 Å². The zero-order valence-corrected chi connectivity index (χ0v) is 4.15. The Bertz CT molecular complexity index is 69.9. The quantitative estimate of drug-likeness (QED) is 0.407. The molecule has 0 saturated carbocycles. The third-order valence-electron chi connectivity index (χ3n) is 0.801. The Balaban J connectivity index is 2.38. The topological polar surface area (TPSA) is 12.4 Å². The van der Waals surface area contributed by atoms with Gasteiger partial charge in [-0.25, -0.2) is 0 Å². The lowest BCUT2D eigenvalue weighted by Gasteiger charge is -1.83. The molecule has 0 amide bonds. The Morgan fingerprint density at radius 1 is 1.83 bits per heavy atom. The molecule has 2 heteroatoms. The molecule has 0 spiro atoms. The first-order chi connectivity index (χ1) is 2.89. The molecule has 1 rings (SSSR count). The summed E-state index contributed by atoms with van der Waals surface area (Å²) in [7, 11) is 0. The predicted molar refractivity (Wildman–Crippen MR) is 27.6 cm³/mol. The van der Waals surface area contributed by atoms with Gasteiger partial charge in [-0.05, 0) is 6.42 Å². The van der Waals surface area contributed by atoms with Crippen LogP contribution in [0.4, 0.5) is 0 Å². The summed E-state index contributed by atoms with van der Waals surface area (Å²) < 4.78 is 0. The SMILES string of the molecule is ClC1C=NCC1. The maximum absolute atomic E-state index is 5.56.